The molecule has 84 valence electrons. The molecule has 0 aromatic carbocycles. The van der Waals surface area contributed by atoms with E-state index in [1.807, 2.05) is 0 Å². The fourth-order valence-electron chi connectivity index (χ4n) is 2.74. The fourth-order valence-corrected chi connectivity index (χ4v) is 5.81. The molecule has 0 bridgehead atoms. The van der Waals surface area contributed by atoms with Crippen LogP contribution in [0.5, 0.6) is 0 Å². The number of hydrogen-bond donors (Lipinski definition) is 0. The summed E-state index contributed by atoms with van der Waals surface area (Å²) in [5.41, 5.74) is 0. The molecule has 0 aliphatic heterocycles. The Kier molecular flexibility index (Phi) is 5.19. The summed E-state index contributed by atoms with van der Waals surface area (Å²) in [4.78, 5) is 0. The van der Waals surface area contributed by atoms with Gasteiger partial charge in [0.25, 0.3) is 0 Å². The van der Waals surface area contributed by atoms with Gasteiger partial charge in [0, 0.05) is 10.5 Å². The Bertz CT molecular complexity index is 166. The number of hydrogen-bond acceptors (Lipinski definition) is 2. The van der Waals surface area contributed by atoms with Gasteiger partial charge in [-0.15, -0.1) is 0 Å². The first-order valence-electron chi connectivity index (χ1n) is 5.67. The molecule has 0 spiro atoms. The quantitative estimate of drug-likeness (QED) is 0.717. The highest BCUT2D eigenvalue weighted by atomic mass is 32.2. The van der Waals surface area contributed by atoms with E-state index in [1.54, 1.807) is 0 Å². The molecule has 1 rings (SSSR count). The van der Waals surface area contributed by atoms with Crippen LogP contribution in [0.25, 0.3) is 0 Å². The van der Waals surface area contributed by atoms with Crippen LogP contribution in [-0.4, -0.2) is 23.0 Å². The second-order valence-corrected chi connectivity index (χ2v) is 6.89. The fraction of sp³-hybridized carbons (Fsp3) is 1.00. The molecule has 0 amide bonds. The lowest BCUT2D eigenvalue weighted by molar-refractivity contribution is 0.252. The average Bonchev–Trinajstić information content (AvgIpc) is 2.16. The molecule has 2 unspecified atom stereocenters. The molecule has 1 aliphatic carbocycles. The molecule has 0 radical (unpaired) electrons. The van der Waals surface area contributed by atoms with Crippen LogP contribution in [0.15, 0.2) is 0 Å². The molecule has 1 fully saturated rings. The zero-order valence-corrected chi connectivity index (χ0v) is 11.8. The summed E-state index contributed by atoms with van der Waals surface area (Å²) >= 11 is 4.18. The van der Waals surface area contributed by atoms with E-state index >= 15 is 0 Å². The third-order valence-electron chi connectivity index (χ3n) is 3.66. The van der Waals surface area contributed by atoms with Crippen LogP contribution in [0.4, 0.5) is 0 Å². The number of rotatable bonds is 3. The van der Waals surface area contributed by atoms with Gasteiger partial charge < -0.3 is 0 Å². The van der Waals surface area contributed by atoms with Crippen molar-refractivity contribution in [1.82, 2.24) is 0 Å². The van der Waals surface area contributed by atoms with Gasteiger partial charge in [-0.1, -0.05) is 20.8 Å². The second kappa shape index (κ2) is 5.69. The molecule has 0 nitrogen and oxygen atoms in total. The van der Waals surface area contributed by atoms with Gasteiger partial charge >= 0.3 is 0 Å². The predicted octanol–water partition coefficient (Wildman–Crippen LogP) is 4.15. The monoisotopic (exact) mass is 232 g/mol. The van der Waals surface area contributed by atoms with E-state index < -0.39 is 0 Å². The molecule has 0 saturated heterocycles. The topological polar surface area (TPSA) is 0 Å². The summed E-state index contributed by atoms with van der Waals surface area (Å²) in [6.07, 6.45) is 7.46. The predicted molar refractivity (Wildman–Crippen MR) is 71.3 cm³/mol. The lowest BCUT2D eigenvalue weighted by Crippen LogP contribution is -2.40. The maximum absolute atomic E-state index is 2.43. The zero-order valence-electron chi connectivity index (χ0n) is 10.1. The van der Waals surface area contributed by atoms with Gasteiger partial charge in [-0.25, -0.2) is 0 Å². The van der Waals surface area contributed by atoms with Crippen molar-refractivity contribution >= 4 is 23.5 Å². The second-order valence-electron chi connectivity index (χ2n) is 4.86. The summed E-state index contributed by atoms with van der Waals surface area (Å²) in [6.45, 7) is 7.21. The lowest BCUT2D eigenvalue weighted by atomic mass is 9.77. The standard InChI is InChI=1S/C12H24S2/c1-8(2)10-7-6-9(3)11(13-4)12(10)14-5/h8-12H,6-7H2,1-5H3/t9?,10?,11-,12+/m1/s1. The molecule has 1 aliphatic rings. The third kappa shape index (κ3) is 2.63. The van der Waals surface area contributed by atoms with Crippen LogP contribution < -0.4 is 0 Å². The molecular weight excluding hydrogens is 208 g/mol. The van der Waals surface area contributed by atoms with Crippen LogP contribution in [0, 0.1) is 17.8 Å². The Morgan fingerprint density at radius 2 is 1.57 bits per heavy atom. The van der Waals surface area contributed by atoms with Crippen LogP contribution in [0.3, 0.4) is 0 Å². The van der Waals surface area contributed by atoms with Crippen molar-refractivity contribution in [2.24, 2.45) is 17.8 Å². The minimum atomic E-state index is 0.856. The average molecular weight is 232 g/mol. The van der Waals surface area contributed by atoms with Gasteiger partial charge in [0.1, 0.15) is 0 Å². The minimum absolute atomic E-state index is 0.856. The highest BCUT2D eigenvalue weighted by Gasteiger charge is 2.37. The van der Waals surface area contributed by atoms with Crippen molar-refractivity contribution in [2.45, 2.75) is 44.1 Å². The molecule has 0 heterocycles. The van der Waals surface area contributed by atoms with Crippen LogP contribution in [-0.2, 0) is 0 Å². The third-order valence-corrected chi connectivity index (χ3v) is 6.32. The minimum Gasteiger partial charge on any atom is -0.161 e. The largest absolute Gasteiger partial charge is 0.161 e. The number of thioether (sulfide) groups is 2. The Morgan fingerprint density at radius 1 is 1.00 bits per heavy atom. The first kappa shape index (κ1) is 12.8. The van der Waals surface area contributed by atoms with E-state index in [4.69, 9.17) is 0 Å². The maximum atomic E-state index is 2.43. The highest BCUT2D eigenvalue weighted by Crippen LogP contribution is 2.43. The maximum Gasteiger partial charge on any atom is 0.0196 e. The first-order valence-corrected chi connectivity index (χ1v) is 8.25. The first-order chi connectivity index (χ1) is 6.61. The SMILES string of the molecule is CS[C@@H]1C(C)CCC(C(C)C)[C@@H]1SC. The Morgan fingerprint density at radius 3 is 2.00 bits per heavy atom. The Balaban J connectivity index is 2.72. The van der Waals surface area contributed by atoms with Crippen molar-refractivity contribution in [3.63, 3.8) is 0 Å². The summed E-state index contributed by atoms with van der Waals surface area (Å²) < 4.78 is 0. The molecular formula is C12H24S2. The molecule has 4 atom stereocenters. The van der Waals surface area contributed by atoms with Crippen molar-refractivity contribution < 1.29 is 0 Å². The van der Waals surface area contributed by atoms with Gasteiger partial charge in [0.05, 0.1) is 0 Å². The zero-order chi connectivity index (χ0) is 10.7. The van der Waals surface area contributed by atoms with Crippen LogP contribution in [0.1, 0.15) is 33.6 Å². The van der Waals surface area contributed by atoms with Crippen LogP contribution in [0.2, 0.25) is 0 Å². The van der Waals surface area contributed by atoms with Gasteiger partial charge in [0.2, 0.25) is 0 Å². The Labute approximate surface area is 98.0 Å². The van der Waals surface area contributed by atoms with Gasteiger partial charge in [-0.3, -0.25) is 0 Å². The summed E-state index contributed by atoms with van der Waals surface area (Å²) in [7, 11) is 0. The van der Waals surface area contributed by atoms with Crippen molar-refractivity contribution in [1.29, 1.82) is 0 Å². The molecule has 1 saturated carbocycles. The molecule has 2 heteroatoms. The lowest BCUT2D eigenvalue weighted by Gasteiger charge is -2.42. The molecule has 14 heavy (non-hydrogen) atoms. The van der Waals surface area contributed by atoms with E-state index in [2.05, 4.69) is 56.8 Å². The molecule has 0 aromatic heterocycles. The Hall–Kier alpha value is 0.700. The van der Waals surface area contributed by atoms with Crippen molar-refractivity contribution in [2.75, 3.05) is 12.5 Å². The van der Waals surface area contributed by atoms with Crippen molar-refractivity contribution in [3.8, 4) is 0 Å². The molecule has 0 N–H and O–H groups in total. The van der Waals surface area contributed by atoms with Crippen LogP contribution >= 0.6 is 23.5 Å². The smallest absolute Gasteiger partial charge is 0.0196 e. The van der Waals surface area contributed by atoms with Gasteiger partial charge in [-0.2, -0.15) is 23.5 Å². The molecule has 0 aromatic rings. The van der Waals surface area contributed by atoms with Gasteiger partial charge in [-0.05, 0) is 43.1 Å². The van der Waals surface area contributed by atoms with Gasteiger partial charge in [0.15, 0.2) is 0 Å². The summed E-state index contributed by atoms with van der Waals surface area (Å²) in [6, 6.07) is 0. The van der Waals surface area contributed by atoms with E-state index in [0.29, 0.717) is 0 Å². The van der Waals surface area contributed by atoms with E-state index in [9.17, 15) is 0 Å². The summed E-state index contributed by atoms with van der Waals surface area (Å²) in [5, 5.41) is 1.76. The van der Waals surface area contributed by atoms with E-state index in [1.165, 1.54) is 12.8 Å². The highest BCUT2D eigenvalue weighted by molar-refractivity contribution is 8.03. The summed E-state index contributed by atoms with van der Waals surface area (Å²) in [5.74, 6) is 2.71. The normalized spacial score (nSPS) is 39.0. The van der Waals surface area contributed by atoms with Crippen molar-refractivity contribution in [3.05, 3.63) is 0 Å². The van der Waals surface area contributed by atoms with E-state index in [-0.39, 0.29) is 0 Å². The van der Waals surface area contributed by atoms with E-state index in [0.717, 1.165) is 28.3 Å².